The molecular weight excluding hydrogens is 480 g/mol. The maximum absolute atomic E-state index is 13.9. The molecule has 7 atom stereocenters. The van der Waals surface area contributed by atoms with Crippen LogP contribution in [0.4, 0.5) is 0 Å². The minimum Gasteiger partial charge on any atom is -0.497 e. The van der Waals surface area contributed by atoms with Gasteiger partial charge in [-0.1, -0.05) is 35.9 Å². The number of ether oxygens (including phenoxy) is 1. The summed E-state index contributed by atoms with van der Waals surface area (Å²) in [4.78, 5) is 55.1. The summed E-state index contributed by atoms with van der Waals surface area (Å²) >= 11 is 6.34. The predicted octanol–water partition coefficient (Wildman–Crippen LogP) is 4.03. The van der Waals surface area contributed by atoms with Gasteiger partial charge in [-0.3, -0.25) is 19.2 Å². The summed E-state index contributed by atoms with van der Waals surface area (Å²) in [5, 5.41) is 2.16. The van der Waals surface area contributed by atoms with Gasteiger partial charge in [-0.15, -0.1) is 0 Å². The topological polar surface area (TPSA) is 84.0 Å². The summed E-state index contributed by atoms with van der Waals surface area (Å²) in [5.74, 6) is -1.48. The van der Waals surface area contributed by atoms with Gasteiger partial charge < -0.3 is 4.74 Å². The number of amides is 3. The lowest BCUT2D eigenvalue weighted by atomic mass is 9.63. The Morgan fingerprint density at radius 2 is 1.56 bits per heavy atom. The summed E-state index contributed by atoms with van der Waals surface area (Å²) in [6, 6.07) is 11.8. The highest BCUT2D eigenvalue weighted by atomic mass is 35.5. The molecule has 184 valence electrons. The van der Waals surface area contributed by atoms with E-state index in [0.29, 0.717) is 23.1 Å². The zero-order chi connectivity index (χ0) is 25.3. The third kappa shape index (κ3) is 3.25. The van der Waals surface area contributed by atoms with Crippen molar-refractivity contribution in [2.75, 3.05) is 7.11 Å². The summed E-state index contributed by atoms with van der Waals surface area (Å²) in [6.07, 6.45) is 5.17. The molecule has 2 saturated carbocycles. The molecule has 0 N–H and O–H groups in total. The molecule has 4 aliphatic carbocycles. The Labute approximate surface area is 213 Å². The number of allylic oxidation sites excluding steroid dienone is 2. The first-order chi connectivity index (χ1) is 17.3. The maximum Gasteiger partial charge on any atom is 0.275 e. The number of hydrazine groups is 1. The standard InChI is InChI=1S/C28H25ClN2O5/c1-14(25(32)15-7-9-16(36-2)10-8-15)30(26(33)19-5-3-4-6-22(19)29)31-27(34)23-17-11-12-18(21-13-20(17)21)24(23)28(31)35/h3-12,14,17-18,20-21,23-24H,13H2,1-2H3/t14-,17-,18-,20-,21+,23-,24+/m0/s1. The van der Waals surface area contributed by atoms with Crippen molar-refractivity contribution in [2.24, 2.45) is 35.5 Å². The lowest BCUT2D eigenvalue weighted by Crippen LogP contribution is -2.56. The van der Waals surface area contributed by atoms with Crippen molar-refractivity contribution >= 4 is 35.1 Å². The third-order valence-electron chi connectivity index (χ3n) is 8.29. The number of rotatable bonds is 6. The van der Waals surface area contributed by atoms with Crippen molar-refractivity contribution in [2.45, 2.75) is 19.4 Å². The van der Waals surface area contributed by atoms with E-state index >= 15 is 0 Å². The molecule has 36 heavy (non-hydrogen) atoms. The predicted molar refractivity (Wildman–Crippen MR) is 131 cm³/mol. The van der Waals surface area contributed by atoms with Gasteiger partial charge >= 0.3 is 0 Å². The number of hydrogen-bond donors (Lipinski definition) is 0. The number of ketones is 1. The number of imide groups is 1. The van der Waals surface area contributed by atoms with Crippen molar-refractivity contribution < 1.29 is 23.9 Å². The van der Waals surface area contributed by atoms with Crippen LogP contribution in [0.5, 0.6) is 5.75 Å². The van der Waals surface area contributed by atoms with Crippen LogP contribution in [0.3, 0.4) is 0 Å². The molecule has 1 heterocycles. The van der Waals surface area contributed by atoms with Crippen molar-refractivity contribution in [1.82, 2.24) is 10.0 Å². The first kappa shape index (κ1) is 23.0. The fourth-order valence-electron chi connectivity index (χ4n) is 6.46. The second-order valence-corrected chi connectivity index (χ2v) is 10.4. The molecule has 2 bridgehead atoms. The van der Waals surface area contributed by atoms with Crippen LogP contribution >= 0.6 is 11.6 Å². The number of methoxy groups -OCH3 is 1. The Morgan fingerprint density at radius 3 is 2.11 bits per heavy atom. The molecule has 0 spiro atoms. The quantitative estimate of drug-likeness (QED) is 0.337. The van der Waals surface area contributed by atoms with Crippen LogP contribution in [0.1, 0.15) is 34.1 Å². The number of benzene rings is 2. The highest BCUT2D eigenvalue weighted by Crippen LogP contribution is 2.65. The second kappa shape index (κ2) is 8.30. The van der Waals surface area contributed by atoms with E-state index in [0.717, 1.165) is 16.4 Å². The molecular formula is C28H25ClN2O5. The Hall–Kier alpha value is -3.45. The molecule has 1 aliphatic heterocycles. The molecule has 2 aromatic carbocycles. The van der Waals surface area contributed by atoms with Gasteiger partial charge in [-0.2, -0.15) is 5.01 Å². The van der Waals surface area contributed by atoms with Crippen molar-refractivity contribution in [3.63, 3.8) is 0 Å². The van der Waals surface area contributed by atoms with Gasteiger partial charge in [0, 0.05) is 5.56 Å². The average molecular weight is 505 g/mol. The van der Waals surface area contributed by atoms with Gasteiger partial charge in [0.25, 0.3) is 17.7 Å². The SMILES string of the molecule is COc1ccc(C(=O)[C@H](C)N(C(=O)c2ccccc2Cl)N2C(=O)[C@@H]3[C@H]4C=C[C@@H]([C@@H]5C[C@H]45)[C@@H]3C2=O)cc1. The molecule has 7 nitrogen and oxygen atoms in total. The van der Waals surface area contributed by atoms with Gasteiger partial charge in [0.2, 0.25) is 0 Å². The summed E-state index contributed by atoms with van der Waals surface area (Å²) in [5.41, 5.74) is 0.452. The highest BCUT2D eigenvalue weighted by molar-refractivity contribution is 6.34. The molecule has 3 fully saturated rings. The molecule has 3 amide bonds. The van der Waals surface area contributed by atoms with E-state index in [1.807, 2.05) is 0 Å². The number of hydrogen-bond acceptors (Lipinski definition) is 5. The van der Waals surface area contributed by atoms with Crippen LogP contribution in [0.2, 0.25) is 5.02 Å². The van der Waals surface area contributed by atoms with Crippen LogP contribution in [0, 0.1) is 35.5 Å². The molecule has 5 aliphatic rings. The first-order valence-electron chi connectivity index (χ1n) is 12.2. The molecule has 1 saturated heterocycles. The molecule has 0 unspecified atom stereocenters. The van der Waals surface area contributed by atoms with Crippen LogP contribution in [0.15, 0.2) is 60.7 Å². The zero-order valence-corrected chi connectivity index (χ0v) is 20.6. The molecule has 0 radical (unpaired) electrons. The third-order valence-corrected chi connectivity index (χ3v) is 8.62. The smallest absolute Gasteiger partial charge is 0.275 e. The van der Waals surface area contributed by atoms with Crippen LogP contribution in [0.25, 0.3) is 0 Å². The Bertz CT molecular complexity index is 1290. The van der Waals surface area contributed by atoms with E-state index in [1.54, 1.807) is 42.5 Å². The van der Waals surface area contributed by atoms with Crippen molar-refractivity contribution in [1.29, 1.82) is 0 Å². The van der Waals surface area contributed by atoms with Gasteiger partial charge in [0.05, 0.1) is 29.5 Å². The number of nitrogens with zero attached hydrogens (tertiary/aromatic N) is 2. The van der Waals surface area contributed by atoms with E-state index in [4.69, 9.17) is 16.3 Å². The monoisotopic (exact) mass is 504 g/mol. The van der Waals surface area contributed by atoms with Gasteiger partial charge in [0.15, 0.2) is 5.78 Å². The first-order valence-corrected chi connectivity index (χ1v) is 12.5. The zero-order valence-electron chi connectivity index (χ0n) is 19.8. The summed E-state index contributed by atoms with van der Waals surface area (Å²) in [7, 11) is 1.53. The van der Waals surface area contributed by atoms with Gasteiger partial charge in [-0.25, -0.2) is 5.01 Å². The Morgan fingerprint density at radius 1 is 0.972 bits per heavy atom. The van der Waals surface area contributed by atoms with E-state index in [2.05, 4.69) is 12.2 Å². The minimum atomic E-state index is -1.13. The van der Waals surface area contributed by atoms with Crippen molar-refractivity contribution in [3.05, 3.63) is 76.8 Å². The lowest BCUT2D eigenvalue weighted by Gasteiger charge is -2.37. The van der Waals surface area contributed by atoms with E-state index in [9.17, 15) is 19.2 Å². The minimum absolute atomic E-state index is 0.00342. The molecule has 8 heteroatoms. The molecule has 2 aromatic rings. The number of carbonyl (C=O) groups is 4. The van der Waals surface area contributed by atoms with E-state index < -0.39 is 41.4 Å². The Kier molecular flexibility index (Phi) is 5.30. The second-order valence-electron chi connectivity index (χ2n) is 10.0. The summed E-state index contributed by atoms with van der Waals surface area (Å²) in [6.45, 7) is 1.54. The van der Waals surface area contributed by atoms with Crippen LogP contribution < -0.4 is 4.74 Å². The highest BCUT2D eigenvalue weighted by Gasteiger charge is 2.68. The largest absolute Gasteiger partial charge is 0.497 e. The number of carbonyl (C=O) groups excluding carboxylic acids is 4. The molecule has 7 rings (SSSR count). The van der Waals surface area contributed by atoms with Crippen LogP contribution in [-0.2, 0) is 9.59 Å². The number of Topliss-reactive ketones (excluding diaryl/α,β-unsaturated/α-hetero) is 1. The average Bonchev–Trinajstić information content (AvgIpc) is 3.68. The van der Waals surface area contributed by atoms with Crippen LogP contribution in [-0.4, -0.2) is 46.7 Å². The fraction of sp³-hybridized carbons (Fsp3) is 0.357. The van der Waals surface area contributed by atoms with Gasteiger partial charge in [0.1, 0.15) is 11.8 Å². The van der Waals surface area contributed by atoms with E-state index in [-0.39, 0.29) is 22.4 Å². The van der Waals surface area contributed by atoms with Crippen molar-refractivity contribution in [3.8, 4) is 5.75 Å². The normalized spacial score (nSPS) is 30.0. The number of halogens is 1. The summed E-state index contributed by atoms with van der Waals surface area (Å²) < 4.78 is 5.17. The maximum atomic E-state index is 13.9. The van der Waals surface area contributed by atoms with E-state index in [1.165, 1.54) is 20.1 Å². The Balaban J connectivity index is 1.40. The molecule has 0 aromatic heterocycles. The fourth-order valence-corrected chi connectivity index (χ4v) is 6.68. The van der Waals surface area contributed by atoms with Gasteiger partial charge in [-0.05, 0) is 73.4 Å². The lowest BCUT2D eigenvalue weighted by molar-refractivity contribution is -0.156.